The molecule has 2 aromatic carbocycles. The van der Waals surface area contributed by atoms with Gasteiger partial charge in [0.05, 0.1) is 24.4 Å². The van der Waals surface area contributed by atoms with Crippen molar-refractivity contribution >= 4 is 5.97 Å². The number of carboxylic acid groups (broad SMARTS) is 1. The van der Waals surface area contributed by atoms with Crippen LogP contribution in [0.3, 0.4) is 0 Å². The Kier molecular flexibility index (Phi) is 7.25. The lowest BCUT2D eigenvalue weighted by atomic mass is 9.85. The average Bonchev–Trinajstić information content (AvgIpc) is 2.96. The highest BCUT2D eigenvalue weighted by atomic mass is 16.5. The molecule has 3 N–H and O–H groups in total. The molecule has 1 aliphatic carbocycles. The normalized spacial score (nSPS) is 28.8. The number of aromatic carboxylic acids is 1. The molecule has 0 spiro atoms. The maximum atomic E-state index is 11.3. The third-order valence-electron chi connectivity index (χ3n) is 6.57. The lowest BCUT2D eigenvalue weighted by Crippen LogP contribution is -2.22. The van der Waals surface area contributed by atoms with Gasteiger partial charge in [-0.15, -0.1) is 0 Å². The Bertz CT molecular complexity index is 927. The van der Waals surface area contributed by atoms with Crippen molar-refractivity contribution in [2.75, 3.05) is 13.2 Å². The summed E-state index contributed by atoms with van der Waals surface area (Å²) >= 11 is 0. The Morgan fingerprint density at radius 3 is 2.75 bits per heavy atom. The summed E-state index contributed by atoms with van der Waals surface area (Å²) in [4.78, 5) is 11.3. The first-order chi connectivity index (χ1) is 15.5. The standard InChI is InChI=1S/C26H30O6/c27-20(16-31-21-7-2-1-3-8-21)10-12-22-23-11-9-19(15-32-25(23)14-24(22)28)17-5-4-6-18(13-17)26(29)30/h1-8,10,12-13,19-20,22-25,27-28H,9,11,14-16H2,(H,29,30)/t19-,20-,22-,23-,24-,25+/m1/s1. The zero-order valence-corrected chi connectivity index (χ0v) is 17.9. The van der Waals surface area contributed by atoms with E-state index in [0.29, 0.717) is 18.8 Å². The summed E-state index contributed by atoms with van der Waals surface area (Å²) in [5.41, 5.74) is 1.26. The van der Waals surface area contributed by atoms with Crippen molar-refractivity contribution in [3.8, 4) is 5.75 Å². The first-order valence-electron chi connectivity index (χ1n) is 11.2. The number of hydrogen-bond acceptors (Lipinski definition) is 5. The molecule has 6 heteroatoms. The van der Waals surface area contributed by atoms with Crippen LogP contribution in [0, 0.1) is 11.8 Å². The Labute approximate surface area is 188 Å². The van der Waals surface area contributed by atoms with E-state index in [1.165, 1.54) is 0 Å². The van der Waals surface area contributed by atoms with Gasteiger partial charge in [-0.2, -0.15) is 0 Å². The average molecular weight is 439 g/mol. The van der Waals surface area contributed by atoms with Crippen LogP contribution in [0.4, 0.5) is 0 Å². The van der Waals surface area contributed by atoms with Crippen molar-refractivity contribution in [3.05, 3.63) is 77.9 Å². The second-order valence-corrected chi connectivity index (χ2v) is 8.70. The molecular weight excluding hydrogens is 408 g/mol. The van der Waals surface area contributed by atoms with Crippen molar-refractivity contribution in [2.24, 2.45) is 11.8 Å². The number of hydrogen-bond donors (Lipinski definition) is 3. The van der Waals surface area contributed by atoms with E-state index in [9.17, 15) is 20.1 Å². The van der Waals surface area contributed by atoms with Crippen LogP contribution >= 0.6 is 0 Å². The number of aliphatic hydroxyl groups is 2. The van der Waals surface area contributed by atoms with E-state index in [0.717, 1.165) is 18.4 Å². The summed E-state index contributed by atoms with van der Waals surface area (Å²) in [6, 6.07) is 16.4. The molecule has 6 nitrogen and oxygen atoms in total. The highest BCUT2D eigenvalue weighted by Gasteiger charge is 2.43. The molecule has 0 unspecified atom stereocenters. The molecule has 1 saturated heterocycles. The monoisotopic (exact) mass is 438 g/mol. The summed E-state index contributed by atoms with van der Waals surface area (Å²) < 4.78 is 11.8. The smallest absolute Gasteiger partial charge is 0.335 e. The first kappa shape index (κ1) is 22.5. The molecule has 1 heterocycles. The van der Waals surface area contributed by atoms with Gasteiger partial charge < -0.3 is 24.8 Å². The fourth-order valence-corrected chi connectivity index (χ4v) is 4.86. The van der Waals surface area contributed by atoms with Crippen LogP contribution in [-0.2, 0) is 4.74 Å². The zero-order chi connectivity index (χ0) is 22.5. The van der Waals surface area contributed by atoms with E-state index in [1.54, 1.807) is 24.3 Å². The van der Waals surface area contributed by atoms with Crippen LogP contribution < -0.4 is 4.74 Å². The topological polar surface area (TPSA) is 96.2 Å². The maximum absolute atomic E-state index is 11.3. The minimum atomic E-state index is -0.929. The largest absolute Gasteiger partial charge is 0.491 e. The van der Waals surface area contributed by atoms with Gasteiger partial charge in [0.1, 0.15) is 18.5 Å². The van der Waals surface area contributed by atoms with E-state index in [-0.39, 0.29) is 36.0 Å². The van der Waals surface area contributed by atoms with Crippen LogP contribution in [0.15, 0.2) is 66.7 Å². The van der Waals surface area contributed by atoms with E-state index < -0.39 is 18.2 Å². The van der Waals surface area contributed by atoms with Gasteiger partial charge in [-0.05, 0) is 48.6 Å². The predicted octanol–water partition coefficient (Wildman–Crippen LogP) is 3.64. The molecule has 1 saturated carbocycles. The predicted molar refractivity (Wildman–Crippen MR) is 120 cm³/mol. The lowest BCUT2D eigenvalue weighted by Gasteiger charge is -2.21. The number of fused-ring (bicyclic) bond motifs is 1. The maximum Gasteiger partial charge on any atom is 0.335 e. The highest BCUT2D eigenvalue weighted by molar-refractivity contribution is 5.87. The molecule has 4 rings (SSSR count). The highest BCUT2D eigenvalue weighted by Crippen LogP contribution is 2.43. The molecular formula is C26H30O6. The number of rotatable bonds is 7. The second kappa shape index (κ2) is 10.3. The summed E-state index contributed by atoms with van der Waals surface area (Å²) in [7, 11) is 0. The summed E-state index contributed by atoms with van der Waals surface area (Å²) in [6.07, 6.45) is 4.61. The Balaban J connectivity index is 1.36. The minimum Gasteiger partial charge on any atom is -0.491 e. The molecule has 2 aliphatic rings. The number of ether oxygens (including phenoxy) is 2. The SMILES string of the molecule is O=C(O)c1cccc([C@@H]2CC[C@@H]3[C@@H](C=C[C@@H](O)COc4ccccc4)[C@H](O)C[C@@H]3OC2)c1. The molecule has 1 aliphatic heterocycles. The van der Waals surface area contributed by atoms with Crippen molar-refractivity contribution in [2.45, 2.75) is 43.5 Å². The second-order valence-electron chi connectivity index (χ2n) is 8.70. The van der Waals surface area contributed by atoms with Crippen LogP contribution in [0.1, 0.15) is 41.1 Å². The lowest BCUT2D eigenvalue weighted by molar-refractivity contribution is 0.0286. The fraction of sp³-hybridized carbons (Fsp3) is 0.423. The van der Waals surface area contributed by atoms with Crippen LogP contribution in [0.25, 0.3) is 0 Å². The van der Waals surface area contributed by atoms with Crippen molar-refractivity contribution in [1.82, 2.24) is 0 Å². The molecule has 6 atom stereocenters. The summed E-state index contributed by atoms with van der Waals surface area (Å²) in [6.45, 7) is 0.664. The van der Waals surface area contributed by atoms with E-state index in [2.05, 4.69) is 0 Å². The van der Waals surface area contributed by atoms with Gasteiger partial charge in [-0.3, -0.25) is 0 Å². The first-order valence-corrected chi connectivity index (χ1v) is 11.2. The third-order valence-corrected chi connectivity index (χ3v) is 6.57. The molecule has 0 radical (unpaired) electrons. The van der Waals surface area contributed by atoms with Crippen LogP contribution in [0.2, 0.25) is 0 Å². The van der Waals surface area contributed by atoms with Gasteiger partial charge >= 0.3 is 5.97 Å². The van der Waals surface area contributed by atoms with E-state index >= 15 is 0 Å². The molecule has 2 aromatic rings. The van der Waals surface area contributed by atoms with Crippen molar-refractivity contribution in [3.63, 3.8) is 0 Å². The van der Waals surface area contributed by atoms with Gasteiger partial charge in [0.25, 0.3) is 0 Å². The van der Waals surface area contributed by atoms with Crippen molar-refractivity contribution < 1.29 is 29.6 Å². The number of benzene rings is 2. The number of aliphatic hydroxyl groups excluding tert-OH is 2. The zero-order valence-electron chi connectivity index (χ0n) is 17.9. The number of carbonyl (C=O) groups is 1. The Morgan fingerprint density at radius 1 is 1.16 bits per heavy atom. The summed E-state index contributed by atoms with van der Waals surface area (Å²) in [5, 5.41) is 30.2. The molecule has 0 aromatic heterocycles. The molecule has 0 amide bonds. The quantitative estimate of drug-likeness (QED) is 0.571. The van der Waals surface area contributed by atoms with E-state index in [1.807, 2.05) is 42.5 Å². The molecule has 2 fully saturated rings. The third kappa shape index (κ3) is 5.38. The van der Waals surface area contributed by atoms with Gasteiger partial charge in [-0.25, -0.2) is 4.79 Å². The van der Waals surface area contributed by atoms with Crippen LogP contribution in [0.5, 0.6) is 5.75 Å². The Morgan fingerprint density at radius 2 is 1.97 bits per heavy atom. The number of carboxylic acids is 1. The van der Waals surface area contributed by atoms with Gasteiger partial charge in [0.2, 0.25) is 0 Å². The van der Waals surface area contributed by atoms with E-state index in [4.69, 9.17) is 9.47 Å². The molecule has 32 heavy (non-hydrogen) atoms. The molecule has 170 valence electrons. The minimum absolute atomic E-state index is 0.0370. The van der Waals surface area contributed by atoms with Gasteiger partial charge in [0, 0.05) is 18.3 Å². The van der Waals surface area contributed by atoms with Crippen molar-refractivity contribution in [1.29, 1.82) is 0 Å². The Hall–Kier alpha value is -2.67. The summed E-state index contributed by atoms with van der Waals surface area (Å²) in [5.74, 6) is -0.0179. The number of para-hydroxylation sites is 1. The fourth-order valence-electron chi connectivity index (χ4n) is 4.86. The molecule has 0 bridgehead atoms. The van der Waals surface area contributed by atoms with Gasteiger partial charge in [-0.1, -0.05) is 42.5 Å². The van der Waals surface area contributed by atoms with Crippen LogP contribution in [-0.4, -0.2) is 52.8 Å². The van der Waals surface area contributed by atoms with Gasteiger partial charge in [0.15, 0.2) is 0 Å².